The van der Waals surface area contributed by atoms with Gasteiger partial charge in [-0.2, -0.15) is 13.2 Å². The standard InChI is InChI=1S/C8H7F4N.3C2H6/c1-4-3-6(9)5(2)7(13-4)8(10,11)12;3*1-2/h3H,1-2H3;3*1-2H3. The molecule has 114 valence electrons. The van der Waals surface area contributed by atoms with Gasteiger partial charge in [-0.3, -0.25) is 0 Å². The number of aromatic nitrogens is 1. The van der Waals surface area contributed by atoms with Gasteiger partial charge in [0.05, 0.1) is 0 Å². The molecule has 0 aromatic carbocycles. The van der Waals surface area contributed by atoms with Crippen LogP contribution in [0, 0.1) is 19.7 Å². The predicted molar refractivity (Wildman–Crippen MR) is 72.7 cm³/mol. The second kappa shape index (κ2) is 11.9. The average molecular weight is 283 g/mol. The van der Waals surface area contributed by atoms with E-state index in [0.29, 0.717) is 0 Å². The molecular weight excluding hydrogens is 258 g/mol. The van der Waals surface area contributed by atoms with E-state index in [1.807, 2.05) is 41.5 Å². The highest BCUT2D eigenvalue weighted by atomic mass is 19.4. The van der Waals surface area contributed by atoms with E-state index in [9.17, 15) is 17.6 Å². The summed E-state index contributed by atoms with van der Waals surface area (Å²) in [6.07, 6.45) is -4.59. The Bertz CT molecular complexity index is 333. The molecule has 1 aromatic heterocycles. The molecule has 0 aliphatic rings. The smallest absolute Gasteiger partial charge is 0.248 e. The van der Waals surface area contributed by atoms with Crippen molar-refractivity contribution in [3.63, 3.8) is 0 Å². The first kappa shape index (κ1) is 23.0. The van der Waals surface area contributed by atoms with Crippen molar-refractivity contribution in [1.82, 2.24) is 4.98 Å². The minimum absolute atomic E-state index is 0.0235. The van der Waals surface area contributed by atoms with Gasteiger partial charge in [-0.25, -0.2) is 9.37 Å². The second-order valence-corrected chi connectivity index (χ2v) is 2.72. The Balaban J connectivity index is -0.000000375. The summed E-state index contributed by atoms with van der Waals surface area (Å²) in [7, 11) is 0. The zero-order chi connectivity index (χ0) is 16.2. The molecule has 0 radical (unpaired) electrons. The van der Waals surface area contributed by atoms with Gasteiger partial charge >= 0.3 is 6.18 Å². The van der Waals surface area contributed by atoms with Gasteiger partial charge in [0.15, 0.2) is 5.69 Å². The summed E-state index contributed by atoms with van der Waals surface area (Å²) in [5, 5.41) is 0. The molecule has 0 unspecified atom stereocenters. The highest BCUT2D eigenvalue weighted by Gasteiger charge is 2.35. The lowest BCUT2D eigenvalue weighted by atomic mass is 10.2. The monoisotopic (exact) mass is 283 g/mol. The number of halogens is 4. The maximum absolute atomic E-state index is 12.8. The van der Waals surface area contributed by atoms with Crippen molar-refractivity contribution in [2.24, 2.45) is 0 Å². The van der Waals surface area contributed by atoms with Crippen molar-refractivity contribution >= 4 is 0 Å². The topological polar surface area (TPSA) is 12.9 Å². The van der Waals surface area contributed by atoms with Crippen molar-refractivity contribution in [2.45, 2.75) is 61.6 Å². The van der Waals surface area contributed by atoms with Crippen LogP contribution in [-0.4, -0.2) is 4.98 Å². The van der Waals surface area contributed by atoms with Crippen LogP contribution < -0.4 is 0 Å². The molecule has 1 rings (SSSR count). The van der Waals surface area contributed by atoms with Gasteiger partial charge in [0.25, 0.3) is 0 Å². The van der Waals surface area contributed by atoms with Crippen molar-refractivity contribution in [1.29, 1.82) is 0 Å². The Hall–Kier alpha value is -1.13. The van der Waals surface area contributed by atoms with Crippen molar-refractivity contribution in [2.75, 3.05) is 0 Å². The summed E-state index contributed by atoms with van der Waals surface area (Å²) in [4.78, 5) is 3.24. The van der Waals surface area contributed by atoms with Gasteiger partial charge in [0.2, 0.25) is 0 Å². The van der Waals surface area contributed by atoms with E-state index >= 15 is 0 Å². The number of hydrogen-bond acceptors (Lipinski definition) is 1. The van der Waals surface area contributed by atoms with Gasteiger partial charge in [0, 0.05) is 11.3 Å². The van der Waals surface area contributed by atoms with E-state index in [-0.39, 0.29) is 5.69 Å². The third kappa shape index (κ3) is 8.56. The summed E-state index contributed by atoms with van der Waals surface area (Å²) in [6, 6.07) is 0.977. The molecule has 19 heavy (non-hydrogen) atoms. The summed E-state index contributed by atoms with van der Waals surface area (Å²) in [5.74, 6) is -0.875. The number of hydrogen-bond donors (Lipinski definition) is 0. The largest absolute Gasteiger partial charge is 0.433 e. The number of alkyl halides is 3. The predicted octanol–water partition coefficient (Wildman–Crippen LogP) is 5.93. The number of aryl methyl sites for hydroxylation is 1. The van der Waals surface area contributed by atoms with E-state index in [0.717, 1.165) is 13.0 Å². The minimum atomic E-state index is -4.59. The van der Waals surface area contributed by atoms with Gasteiger partial charge < -0.3 is 0 Å². The fourth-order valence-corrected chi connectivity index (χ4v) is 0.973. The molecule has 0 amide bonds. The maximum atomic E-state index is 12.8. The molecular formula is C14H25F4N. The van der Waals surface area contributed by atoms with Gasteiger partial charge in [-0.15, -0.1) is 0 Å². The van der Waals surface area contributed by atoms with Gasteiger partial charge in [0.1, 0.15) is 5.82 Å². The summed E-state index contributed by atoms with van der Waals surface area (Å²) < 4.78 is 49.4. The normalized spacial score (nSPS) is 9.05. The van der Waals surface area contributed by atoms with Gasteiger partial charge in [-0.05, 0) is 19.9 Å². The number of rotatable bonds is 0. The molecule has 0 aliphatic heterocycles. The summed E-state index contributed by atoms with van der Waals surface area (Å²) in [6.45, 7) is 14.4. The molecule has 0 spiro atoms. The van der Waals surface area contributed by atoms with Crippen LogP contribution in [0.2, 0.25) is 0 Å². The van der Waals surface area contributed by atoms with Crippen LogP contribution in [0.15, 0.2) is 6.07 Å². The minimum Gasteiger partial charge on any atom is -0.248 e. The highest BCUT2D eigenvalue weighted by Crippen LogP contribution is 2.31. The van der Waals surface area contributed by atoms with Crippen LogP contribution in [0.4, 0.5) is 17.6 Å². The lowest BCUT2D eigenvalue weighted by Crippen LogP contribution is -2.12. The van der Waals surface area contributed by atoms with Crippen LogP contribution in [0.5, 0.6) is 0 Å². The third-order valence-electron chi connectivity index (χ3n) is 1.61. The fourth-order valence-electron chi connectivity index (χ4n) is 0.973. The molecule has 0 saturated heterocycles. The lowest BCUT2D eigenvalue weighted by Gasteiger charge is -2.10. The van der Waals surface area contributed by atoms with E-state index < -0.39 is 23.3 Å². The first-order valence-corrected chi connectivity index (χ1v) is 6.53. The van der Waals surface area contributed by atoms with E-state index in [4.69, 9.17) is 0 Å². The van der Waals surface area contributed by atoms with Crippen LogP contribution in [-0.2, 0) is 6.18 Å². The fraction of sp³-hybridized carbons (Fsp3) is 0.643. The van der Waals surface area contributed by atoms with Crippen LogP contribution in [0.25, 0.3) is 0 Å². The SMILES string of the molecule is CC.CC.CC.Cc1cc(F)c(C)c(C(F)(F)F)n1. The summed E-state index contributed by atoms with van der Waals surface area (Å²) in [5.41, 5.74) is -1.58. The van der Waals surface area contributed by atoms with Crippen molar-refractivity contribution in [3.05, 3.63) is 28.8 Å². The molecule has 1 heterocycles. The molecule has 0 saturated carbocycles. The molecule has 0 aliphatic carbocycles. The first-order chi connectivity index (χ1) is 8.82. The number of pyridine rings is 1. The Morgan fingerprint density at radius 2 is 1.26 bits per heavy atom. The van der Waals surface area contributed by atoms with E-state index in [1.54, 1.807) is 0 Å². The van der Waals surface area contributed by atoms with E-state index in [2.05, 4.69) is 4.98 Å². The third-order valence-corrected chi connectivity index (χ3v) is 1.61. The maximum Gasteiger partial charge on any atom is 0.433 e. The Kier molecular flexibility index (Phi) is 14.4. The first-order valence-electron chi connectivity index (χ1n) is 6.53. The van der Waals surface area contributed by atoms with Crippen molar-refractivity contribution in [3.8, 4) is 0 Å². The number of nitrogens with zero attached hydrogens (tertiary/aromatic N) is 1. The lowest BCUT2D eigenvalue weighted by molar-refractivity contribution is -0.142. The highest BCUT2D eigenvalue weighted by molar-refractivity contribution is 5.25. The van der Waals surface area contributed by atoms with E-state index in [1.165, 1.54) is 6.92 Å². The molecule has 0 bridgehead atoms. The van der Waals surface area contributed by atoms with Crippen LogP contribution in [0.3, 0.4) is 0 Å². The Morgan fingerprint density at radius 3 is 1.58 bits per heavy atom. The van der Waals surface area contributed by atoms with Gasteiger partial charge in [-0.1, -0.05) is 41.5 Å². The Labute approximate surface area is 114 Å². The molecule has 1 nitrogen and oxygen atoms in total. The quantitative estimate of drug-likeness (QED) is 0.537. The zero-order valence-corrected chi connectivity index (χ0v) is 13.0. The van der Waals surface area contributed by atoms with Crippen molar-refractivity contribution < 1.29 is 17.6 Å². The molecule has 0 atom stereocenters. The molecule has 0 fully saturated rings. The van der Waals surface area contributed by atoms with Crippen LogP contribution >= 0.6 is 0 Å². The summed E-state index contributed by atoms with van der Waals surface area (Å²) >= 11 is 0. The average Bonchev–Trinajstić information content (AvgIpc) is 2.39. The molecule has 5 heteroatoms. The molecule has 0 N–H and O–H groups in total. The molecule has 1 aromatic rings. The Morgan fingerprint density at radius 1 is 0.895 bits per heavy atom. The zero-order valence-electron chi connectivity index (χ0n) is 13.0. The van der Waals surface area contributed by atoms with Crippen LogP contribution in [0.1, 0.15) is 58.5 Å². The second-order valence-electron chi connectivity index (χ2n) is 2.72.